The zero-order chi connectivity index (χ0) is 13.7. The van der Waals surface area contributed by atoms with Gasteiger partial charge in [0.2, 0.25) is 0 Å². The average Bonchev–Trinajstić information content (AvgIpc) is 2.93. The average molecular weight is 264 g/mol. The number of carbonyl (C=O) groups excluding carboxylic acids is 1. The third-order valence-corrected chi connectivity index (χ3v) is 3.41. The second-order valence-corrected chi connectivity index (χ2v) is 4.79. The lowest BCUT2D eigenvalue weighted by molar-refractivity contribution is -0.0982. The van der Waals surface area contributed by atoms with Gasteiger partial charge in [0, 0.05) is 0 Å². The van der Waals surface area contributed by atoms with Crippen molar-refractivity contribution in [1.29, 1.82) is 0 Å². The van der Waals surface area contributed by atoms with Crippen LogP contribution in [0.5, 0.6) is 0 Å². The minimum absolute atomic E-state index is 0.102. The summed E-state index contributed by atoms with van der Waals surface area (Å²) < 4.78 is 16.4. The minimum atomic E-state index is -0.438. The van der Waals surface area contributed by atoms with Crippen molar-refractivity contribution in [2.75, 3.05) is 13.2 Å². The lowest BCUT2D eigenvalue weighted by Crippen LogP contribution is -2.23. The van der Waals surface area contributed by atoms with Gasteiger partial charge in [0.1, 0.15) is 6.61 Å². The molecule has 4 nitrogen and oxygen atoms in total. The zero-order valence-electron chi connectivity index (χ0n) is 11.4. The molecule has 0 aliphatic carbocycles. The highest BCUT2D eigenvalue weighted by Crippen LogP contribution is 2.21. The molecule has 1 heterocycles. The number of esters is 1. The molecule has 4 heteroatoms. The van der Waals surface area contributed by atoms with Gasteiger partial charge in [0.15, 0.2) is 6.29 Å². The Hall–Kier alpha value is -1.39. The predicted octanol–water partition coefficient (Wildman–Crippen LogP) is 2.63. The number of carbonyl (C=O) groups is 1. The summed E-state index contributed by atoms with van der Waals surface area (Å²) in [5.74, 6) is 0.106. The highest BCUT2D eigenvalue weighted by molar-refractivity contribution is 5.89. The fourth-order valence-electron chi connectivity index (χ4n) is 1.93. The smallest absolute Gasteiger partial charge is 0.338 e. The van der Waals surface area contributed by atoms with Crippen LogP contribution < -0.4 is 0 Å². The van der Waals surface area contributed by atoms with E-state index in [9.17, 15) is 4.79 Å². The molecule has 19 heavy (non-hydrogen) atoms. The van der Waals surface area contributed by atoms with Crippen LogP contribution in [-0.4, -0.2) is 31.6 Å². The van der Waals surface area contributed by atoms with E-state index >= 15 is 0 Å². The summed E-state index contributed by atoms with van der Waals surface area (Å²) in [7, 11) is 0. The summed E-state index contributed by atoms with van der Waals surface area (Å²) in [6.45, 7) is 4.96. The molecule has 0 amide bonds. The van der Waals surface area contributed by atoms with Crippen LogP contribution in [0.1, 0.15) is 30.6 Å². The van der Waals surface area contributed by atoms with E-state index < -0.39 is 6.29 Å². The summed E-state index contributed by atoms with van der Waals surface area (Å²) in [5, 5.41) is 0. The topological polar surface area (TPSA) is 44.8 Å². The quantitative estimate of drug-likeness (QED) is 0.767. The molecule has 1 aromatic rings. The summed E-state index contributed by atoms with van der Waals surface area (Å²) >= 11 is 0. The van der Waals surface area contributed by atoms with Crippen molar-refractivity contribution in [3.05, 3.63) is 35.9 Å². The molecular formula is C15H20O4. The largest absolute Gasteiger partial charge is 0.457 e. The minimum Gasteiger partial charge on any atom is -0.457 e. The van der Waals surface area contributed by atoms with Crippen LogP contribution in [0, 0.1) is 5.92 Å². The van der Waals surface area contributed by atoms with E-state index in [4.69, 9.17) is 14.2 Å². The first-order chi connectivity index (χ1) is 9.20. The van der Waals surface area contributed by atoms with E-state index in [2.05, 4.69) is 13.8 Å². The predicted molar refractivity (Wildman–Crippen MR) is 70.8 cm³/mol. The lowest BCUT2D eigenvalue weighted by atomic mass is 10.0. The highest BCUT2D eigenvalue weighted by atomic mass is 16.7. The van der Waals surface area contributed by atoms with Crippen molar-refractivity contribution in [3.63, 3.8) is 0 Å². The Morgan fingerprint density at radius 2 is 2.16 bits per heavy atom. The SMILES string of the molecule is CCC(C)C1COC(COC(=O)c2ccccc2)O1. The molecule has 3 unspecified atom stereocenters. The van der Waals surface area contributed by atoms with Crippen molar-refractivity contribution >= 4 is 5.97 Å². The maximum absolute atomic E-state index is 11.7. The van der Waals surface area contributed by atoms with E-state index in [1.54, 1.807) is 24.3 Å². The molecule has 0 N–H and O–H groups in total. The van der Waals surface area contributed by atoms with Crippen molar-refractivity contribution < 1.29 is 19.0 Å². The Balaban J connectivity index is 1.76. The van der Waals surface area contributed by atoms with Gasteiger partial charge >= 0.3 is 5.97 Å². The van der Waals surface area contributed by atoms with Crippen LogP contribution in [0.15, 0.2) is 30.3 Å². The van der Waals surface area contributed by atoms with E-state index in [1.165, 1.54) is 0 Å². The van der Waals surface area contributed by atoms with Gasteiger partial charge in [-0.1, -0.05) is 38.5 Å². The maximum atomic E-state index is 11.7. The Bertz CT molecular complexity index is 404. The third kappa shape index (κ3) is 3.78. The van der Waals surface area contributed by atoms with Gasteiger partial charge in [-0.2, -0.15) is 0 Å². The van der Waals surface area contributed by atoms with E-state index in [0.717, 1.165) is 6.42 Å². The van der Waals surface area contributed by atoms with Crippen molar-refractivity contribution in [1.82, 2.24) is 0 Å². The summed E-state index contributed by atoms with van der Waals surface area (Å²) in [6, 6.07) is 8.91. The van der Waals surface area contributed by atoms with Crippen molar-refractivity contribution in [3.8, 4) is 0 Å². The van der Waals surface area contributed by atoms with Crippen LogP contribution in [-0.2, 0) is 14.2 Å². The number of hydrogen-bond donors (Lipinski definition) is 0. The number of hydrogen-bond acceptors (Lipinski definition) is 4. The second kappa shape index (κ2) is 6.68. The van der Waals surface area contributed by atoms with Crippen LogP contribution >= 0.6 is 0 Å². The van der Waals surface area contributed by atoms with E-state index in [-0.39, 0.29) is 18.7 Å². The number of benzene rings is 1. The first-order valence-electron chi connectivity index (χ1n) is 6.70. The molecule has 2 rings (SSSR count). The van der Waals surface area contributed by atoms with Gasteiger partial charge in [-0.3, -0.25) is 0 Å². The van der Waals surface area contributed by atoms with Crippen molar-refractivity contribution in [2.24, 2.45) is 5.92 Å². The molecule has 3 atom stereocenters. The molecule has 0 spiro atoms. The summed E-state index contributed by atoms with van der Waals surface area (Å²) in [5.41, 5.74) is 0.541. The maximum Gasteiger partial charge on any atom is 0.338 e. The van der Waals surface area contributed by atoms with Gasteiger partial charge in [-0.05, 0) is 18.1 Å². The number of ether oxygens (including phenoxy) is 3. The van der Waals surface area contributed by atoms with Crippen LogP contribution in [0.4, 0.5) is 0 Å². The molecule has 0 bridgehead atoms. The number of rotatable bonds is 5. The van der Waals surface area contributed by atoms with Gasteiger partial charge in [-0.25, -0.2) is 4.79 Å². The molecule has 0 radical (unpaired) electrons. The normalized spacial score (nSPS) is 24.1. The van der Waals surface area contributed by atoms with Crippen molar-refractivity contribution in [2.45, 2.75) is 32.7 Å². The fraction of sp³-hybridized carbons (Fsp3) is 0.533. The van der Waals surface area contributed by atoms with Crippen LogP contribution in [0.25, 0.3) is 0 Å². The molecule has 1 saturated heterocycles. The molecule has 0 saturated carbocycles. The zero-order valence-corrected chi connectivity index (χ0v) is 11.4. The van der Waals surface area contributed by atoms with Crippen LogP contribution in [0.2, 0.25) is 0 Å². The van der Waals surface area contributed by atoms with E-state index in [0.29, 0.717) is 18.1 Å². The Labute approximate surface area is 113 Å². The van der Waals surface area contributed by atoms with Gasteiger partial charge in [0.25, 0.3) is 0 Å². The van der Waals surface area contributed by atoms with Gasteiger partial charge in [0.05, 0.1) is 18.3 Å². The first kappa shape index (κ1) is 14.0. The Morgan fingerprint density at radius 1 is 1.42 bits per heavy atom. The standard InChI is InChI=1S/C15H20O4/c1-3-11(2)13-9-17-14(19-13)10-18-15(16)12-7-5-4-6-8-12/h4-8,11,13-14H,3,9-10H2,1-2H3. The van der Waals surface area contributed by atoms with Gasteiger partial charge in [-0.15, -0.1) is 0 Å². The monoisotopic (exact) mass is 264 g/mol. The molecule has 1 fully saturated rings. The first-order valence-corrected chi connectivity index (χ1v) is 6.70. The molecule has 0 aromatic heterocycles. The lowest BCUT2D eigenvalue weighted by Gasteiger charge is -2.16. The molecule has 1 aliphatic rings. The molecule has 1 aromatic carbocycles. The highest BCUT2D eigenvalue weighted by Gasteiger charge is 2.30. The fourth-order valence-corrected chi connectivity index (χ4v) is 1.93. The van der Waals surface area contributed by atoms with E-state index in [1.807, 2.05) is 6.07 Å². The summed E-state index contributed by atoms with van der Waals surface area (Å²) in [6.07, 6.45) is 0.710. The summed E-state index contributed by atoms with van der Waals surface area (Å²) in [4.78, 5) is 11.7. The molecule has 104 valence electrons. The third-order valence-electron chi connectivity index (χ3n) is 3.41. The molecular weight excluding hydrogens is 244 g/mol. The Morgan fingerprint density at radius 3 is 2.84 bits per heavy atom. The molecule has 1 aliphatic heterocycles. The van der Waals surface area contributed by atoms with Crippen LogP contribution in [0.3, 0.4) is 0 Å². The van der Waals surface area contributed by atoms with Gasteiger partial charge < -0.3 is 14.2 Å². The second-order valence-electron chi connectivity index (χ2n) is 4.79. The Kier molecular flexibility index (Phi) is 4.93.